The first-order valence-corrected chi connectivity index (χ1v) is 7.81. The summed E-state index contributed by atoms with van der Waals surface area (Å²) in [5.74, 6) is -0.583. The second kappa shape index (κ2) is 6.13. The molecule has 4 rings (SSSR count). The molecule has 0 spiro atoms. The number of fused-ring (bicyclic) bond motifs is 4. The van der Waals surface area contributed by atoms with Crippen molar-refractivity contribution >= 4 is 38.7 Å². The van der Waals surface area contributed by atoms with Gasteiger partial charge < -0.3 is 5.73 Å². The Morgan fingerprint density at radius 2 is 1.52 bits per heavy atom. The minimum atomic E-state index is -0.583. The zero-order valence-electron chi connectivity index (χ0n) is 13.3. The van der Waals surface area contributed by atoms with Gasteiger partial charge in [0.2, 0.25) is 0 Å². The predicted octanol–water partition coefficient (Wildman–Crippen LogP) is 3.55. The van der Waals surface area contributed by atoms with Crippen LogP contribution >= 0.6 is 0 Å². The molecule has 0 fully saturated rings. The molecular formula is C20H14N4O. The van der Waals surface area contributed by atoms with Gasteiger partial charge in [0.1, 0.15) is 5.69 Å². The average Bonchev–Trinajstić information content (AvgIpc) is 3.27. The minimum Gasteiger partial charge on any atom is -0.364 e. The van der Waals surface area contributed by atoms with E-state index in [1.54, 1.807) is 30.5 Å². The van der Waals surface area contributed by atoms with E-state index in [1.807, 2.05) is 42.5 Å². The van der Waals surface area contributed by atoms with Gasteiger partial charge in [-0.3, -0.25) is 9.78 Å². The summed E-state index contributed by atoms with van der Waals surface area (Å²) in [5.41, 5.74) is 9.01. The molecule has 120 valence electrons. The maximum absolute atomic E-state index is 11.5. The van der Waals surface area contributed by atoms with E-state index in [2.05, 4.69) is 15.0 Å². The third-order valence-corrected chi connectivity index (χ3v) is 3.81. The quantitative estimate of drug-likeness (QED) is 0.580. The van der Waals surface area contributed by atoms with Crippen LogP contribution in [0.25, 0.3) is 32.8 Å². The number of rotatable bonds is 1. The third kappa shape index (κ3) is 3.07. The number of amides is 1. The largest absolute Gasteiger partial charge is 0.364 e. The molecule has 4 aromatic rings. The fourth-order valence-corrected chi connectivity index (χ4v) is 2.53. The van der Waals surface area contributed by atoms with Crippen molar-refractivity contribution in [3.8, 4) is 0 Å². The van der Waals surface area contributed by atoms with Gasteiger partial charge >= 0.3 is 0 Å². The first-order chi connectivity index (χ1) is 12.2. The molecule has 5 heteroatoms. The molecule has 3 heterocycles. The van der Waals surface area contributed by atoms with Gasteiger partial charge in [-0.1, -0.05) is 36.4 Å². The second-order valence-corrected chi connectivity index (χ2v) is 5.57. The summed E-state index contributed by atoms with van der Waals surface area (Å²) >= 11 is 0. The van der Waals surface area contributed by atoms with Gasteiger partial charge in [-0.05, 0) is 30.3 Å². The van der Waals surface area contributed by atoms with Crippen LogP contribution in [0.4, 0.5) is 0 Å². The molecule has 0 aliphatic heterocycles. The third-order valence-electron chi connectivity index (χ3n) is 3.81. The van der Waals surface area contributed by atoms with Crippen molar-refractivity contribution in [1.82, 2.24) is 15.0 Å². The smallest absolute Gasteiger partial charge is 0.267 e. The number of aromatic nitrogens is 3. The number of nitrogens with two attached hydrogens (primary N) is 1. The fourth-order valence-electron chi connectivity index (χ4n) is 2.53. The molecule has 0 atom stereocenters. The lowest BCUT2D eigenvalue weighted by atomic mass is 10.3. The van der Waals surface area contributed by atoms with E-state index in [0.717, 1.165) is 32.8 Å². The highest BCUT2D eigenvalue weighted by Gasteiger charge is 2.10. The molecule has 0 aliphatic carbocycles. The Hall–Kier alpha value is -3.60. The molecule has 1 aromatic carbocycles. The Labute approximate surface area is 143 Å². The summed E-state index contributed by atoms with van der Waals surface area (Å²) in [6.45, 7) is 0. The van der Waals surface area contributed by atoms with Crippen LogP contribution in [0.15, 0.2) is 72.9 Å². The van der Waals surface area contributed by atoms with E-state index in [1.165, 1.54) is 0 Å². The predicted molar refractivity (Wildman–Crippen MR) is 98.5 cm³/mol. The normalized spacial score (nSPS) is 10.7. The van der Waals surface area contributed by atoms with Crippen LogP contribution < -0.4 is 5.73 Å². The SMILES string of the molecule is NC(=O)c1ccccccccc2nc3cc4cc4nc3c2ccn1. The lowest BCUT2D eigenvalue weighted by Gasteiger charge is -1.87. The van der Waals surface area contributed by atoms with Crippen molar-refractivity contribution in [2.24, 2.45) is 5.73 Å². The van der Waals surface area contributed by atoms with Crippen LogP contribution in [0, 0.1) is 0 Å². The van der Waals surface area contributed by atoms with Crippen LogP contribution in [0.1, 0.15) is 10.5 Å². The molecule has 0 saturated heterocycles. The molecule has 0 unspecified atom stereocenters. The molecule has 25 heavy (non-hydrogen) atoms. The Kier molecular flexibility index (Phi) is 3.67. The number of hydrogen-bond acceptors (Lipinski definition) is 4. The van der Waals surface area contributed by atoms with E-state index in [-0.39, 0.29) is 5.69 Å². The number of primary amides is 1. The zero-order valence-corrected chi connectivity index (χ0v) is 13.3. The Balaban J connectivity index is 2.04. The lowest BCUT2D eigenvalue weighted by Crippen LogP contribution is -2.11. The number of nitrogens with zero attached hydrogens (tertiary/aromatic N) is 3. The van der Waals surface area contributed by atoms with Gasteiger partial charge in [0.05, 0.1) is 22.1 Å². The van der Waals surface area contributed by atoms with Gasteiger partial charge in [0.15, 0.2) is 0 Å². The van der Waals surface area contributed by atoms with Crippen molar-refractivity contribution < 1.29 is 4.79 Å². The van der Waals surface area contributed by atoms with Crippen LogP contribution in [0.3, 0.4) is 0 Å². The fraction of sp³-hybridized carbons (Fsp3) is 0. The maximum Gasteiger partial charge on any atom is 0.267 e. The van der Waals surface area contributed by atoms with Gasteiger partial charge in [-0.15, -0.1) is 0 Å². The van der Waals surface area contributed by atoms with Crippen LogP contribution in [-0.4, -0.2) is 20.9 Å². The van der Waals surface area contributed by atoms with Crippen molar-refractivity contribution in [2.75, 3.05) is 0 Å². The number of hydrogen-bond donors (Lipinski definition) is 1. The summed E-state index contributed by atoms with van der Waals surface area (Å²) in [6.07, 6.45) is 1.56. The second-order valence-electron chi connectivity index (χ2n) is 5.57. The highest BCUT2D eigenvalue weighted by molar-refractivity contribution is 6.10. The number of carbonyl (C=O) groups is 1. The van der Waals surface area contributed by atoms with E-state index < -0.39 is 5.91 Å². The van der Waals surface area contributed by atoms with Crippen molar-refractivity contribution in [3.63, 3.8) is 0 Å². The number of pyridine rings is 1. The highest BCUT2D eigenvalue weighted by atomic mass is 16.1. The highest BCUT2D eigenvalue weighted by Crippen LogP contribution is 2.29. The molecule has 1 amide bonds. The standard InChI is InChI=1S/C20H14N4O/c21-20(25)16-8-6-4-2-1-3-5-7-15-14(9-10-22-16)19-18(23-15)12-13-11-17(13)24-19/h1-12H,(H2,21,25). The Morgan fingerprint density at radius 3 is 2.32 bits per heavy atom. The summed E-state index contributed by atoms with van der Waals surface area (Å²) in [7, 11) is 0. The Bertz CT molecular complexity index is 1190. The van der Waals surface area contributed by atoms with Gasteiger partial charge in [0.25, 0.3) is 5.91 Å². The zero-order chi connectivity index (χ0) is 17.2. The summed E-state index contributed by atoms with van der Waals surface area (Å²) in [5, 5.41) is 2.00. The molecule has 5 nitrogen and oxygen atoms in total. The molecule has 2 N–H and O–H groups in total. The maximum atomic E-state index is 11.5. The summed E-state index contributed by atoms with van der Waals surface area (Å²) in [6, 6.07) is 20.4. The van der Waals surface area contributed by atoms with Crippen molar-refractivity contribution in [1.29, 1.82) is 0 Å². The first kappa shape index (κ1) is 15.0. The van der Waals surface area contributed by atoms with E-state index in [0.29, 0.717) is 0 Å². The van der Waals surface area contributed by atoms with Crippen LogP contribution in [0.5, 0.6) is 0 Å². The average molecular weight is 326 g/mol. The molecule has 3 aromatic heterocycles. The van der Waals surface area contributed by atoms with E-state index in [4.69, 9.17) is 5.73 Å². The van der Waals surface area contributed by atoms with Crippen molar-refractivity contribution in [2.45, 2.75) is 0 Å². The Morgan fingerprint density at radius 1 is 0.800 bits per heavy atom. The molecule has 0 saturated carbocycles. The molecule has 0 bridgehead atoms. The van der Waals surface area contributed by atoms with Gasteiger partial charge in [-0.25, -0.2) is 9.97 Å². The van der Waals surface area contributed by atoms with Gasteiger partial charge in [-0.2, -0.15) is 0 Å². The van der Waals surface area contributed by atoms with E-state index in [9.17, 15) is 4.79 Å². The van der Waals surface area contributed by atoms with Crippen molar-refractivity contribution in [3.05, 3.63) is 78.6 Å². The van der Waals surface area contributed by atoms with E-state index >= 15 is 0 Å². The topological polar surface area (TPSA) is 81.8 Å². The van der Waals surface area contributed by atoms with Gasteiger partial charge in [0, 0.05) is 17.0 Å². The summed E-state index contributed by atoms with van der Waals surface area (Å²) < 4.78 is 0. The monoisotopic (exact) mass is 326 g/mol. The summed E-state index contributed by atoms with van der Waals surface area (Å²) in [4.78, 5) is 24.9. The minimum absolute atomic E-state index is 0.177. The first-order valence-electron chi connectivity index (χ1n) is 7.81. The lowest BCUT2D eigenvalue weighted by molar-refractivity contribution is 0.0995. The molecule has 0 radical (unpaired) electrons. The van der Waals surface area contributed by atoms with Crippen LogP contribution in [-0.2, 0) is 0 Å². The molecular weight excluding hydrogens is 312 g/mol. The molecule has 0 aliphatic rings. The number of carbonyl (C=O) groups excluding carboxylic acids is 1. The van der Waals surface area contributed by atoms with Crippen LogP contribution in [0.2, 0.25) is 0 Å².